The van der Waals surface area contributed by atoms with E-state index in [1.54, 1.807) is 55.6 Å². The molecule has 2 aliphatic rings. The summed E-state index contributed by atoms with van der Waals surface area (Å²) in [5.74, 6) is -1.82. The molecule has 4 rings (SSSR count). The summed E-state index contributed by atoms with van der Waals surface area (Å²) >= 11 is 0. The van der Waals surface area contributed by atoms with Gasteiger partial charge in [-0.15, -0.1) is 0 Å². The smallest absolute Gasteiger partial charge is 0.313 e. The van der Waals surface area contributed by atoms with Crippen molar-refractivity contribution in [2.45, 2.75) is 6.42 Å². The van der Waals surface area contributed by atoms with Crippen LogP contribution in [0.2, 0.25) is 0 Å². The van der Waals surface area contributed by atoms with Gasteiger partial charge in [0.15, 0.2) is 6.73 Å². The molecule has 0 aromatic heterocycles. The number of amides is 3. The molecule has 0 bridgehead atoms. The van der Waals surface area contributed by atoms with E-state index in [1.165, 1.54) is 4.90 Å². The predicted octanol–water partition coefficient (Wildman–Crippen LogP) is 1.84. The predicted molar refractivity (Wildman–Crippen MR) is 101 cm³/mol. The second-order valence-corrected chi connectivity index (χ2v) is 6.78. The van der Waals surface area contributed by atoms with Gasteiger partial charge in [0.1, 0.15) is 5.75 Å². The minimum absolute atomic E-state index is 0.00693. The Labute approximate surface area is 166 Å². The first-order chi connectivity index (χ1) is 14.0. The number of rotatable bonds is 5. The van der Waals surface area contributed by atoms with Gasteiger partial charge in [-0.2, -0.15) is 0 Å². The molecule has 0 aliphatic carbocycles. The van der Waals surface area contributed by atoms with Crippen LogP contribution in [0.5, 0.6) is 5.75 Å². The Morgan fingerprint density at radius 1 is 1.00 bits per heavy atom. The number of nitrogens with zero attached hydrogens (tertiary/aromatic N) is 2. The average Bonchev–Trinajstić information content (AvgIpc) is 3.25. The topological polar surface area (TPSA) is 93.2 Å². The molecule has 1 saturated heterocycles. The van der Waals surface area contributed by atoms with Crippen molar-refractivity contribution < 1.29 is 28.7 Å². The summed E-state index contributed by atoms with van der Waals surface area (Å²) in [5.41, 5.74) is 1.23. The van der Waals surface area contributed by atoms with Gasteiger partial charge in [-0.1, -0.05) is 12.1 Å². The lowest BCUT2D eigenvalue weighted by molar-refractivity contribution is -0.151. The van der Waals surface area contributed by atoms with E-state index in [4.69, 9.17) is 9.47 Å². The number of ether oxygens (including phenoxy) is 2. The summed E-state index contributed by atoms with van der Waals surface area (Å²) in [5, 5.41) is 0. The van der Waals surface area contributed by atoms with Crippen molar-refractivity contribution in [2.75, 3.05) is 25.3 Å². The molecule has 0 unspecified atom stereocenters. The molecule has 3 amide bonds. The number of methoxy groups -OCH3 is 1. The third-order valence-electron chi connectivity index (χ3n) is 5.06. The van der Waals surface area contributed by atoms with Crippen molar-refractivity contribution in [3.8, 4) is 5.75 Å². The Kier molecular flexibility index (Phi) is 4.75. The number of hydrogen-bond donors (Lipinski definition) is 0. The maximum Gasteiger partial charge on any atom is 0.313 e. The molecule has 8 nitrogen and oxygen atoms in total. The number of hydrogen-bond acceptors (Lipinski definition) is 6. The molecular weight excluding hydrogens is 376 g/mol. The zero-order valence-electron chi connectivity index (χ0n) is 15.7. The number of anilines is 1. The van der Waals surface area contributed by atoms with Crippen LogP contribution in [0.3, 0.4) is 0 Å². The van der Waals surface area contributed by atoms with Gasteiger partial charge in [0, 0.05) is 18.7 Å². The second-order valence-electron chi connectivity index (χ2n) is 6.78. The zero-order chi connectivity index (χ0) is 20.5. The van der Waals surface area contributed by atoms with Crippen LogP contribution in [-0.2, 0) is 14.3 Å². The molecule has 29 heavy (non-hydrogen) atoms. The fraction of sp³-hybridized carbons (Fsp3) is 0.238. The minimum atomic E-state index is -0.667. The molecule has 1 atom stereocenters. The van der Waals surface area contributed by atoms with Crippen LogP contribution in [0, 0.1) is 5.92 Å². The van der Waals surface area contributed by atoms with E-state index in [2.05, 4.69) is 0 Å². The van der Waals surface area contributed by atoms with Crippen LogP contribution in [0.1, 0.15) is 27.1 Å². The summed E-state index contributed by atoms with van der Waals surface area (Å²) in [6, 6.07) is 13.4. The molecule has 8 heteroatoms. The molecule has 2 aromatic rings. The molecule has 2 aliphatic heterocycles. The lowest BCUT2D eigenvalue weighted by atomic mass is 10.1. The maximum absolute atomic E-state index is 12.4. The molecule has 2 heterocycles. The first kappa shape index (κ1) is 18.7. The van der Waals surface area contributed by atoms with Gasteiger partial charge in [0.2, 0.25) is 5.91 Å². The monoisotopic (exact) mass is 394 g/mol. The zero-order valence-corrected chi connectivity index (χ0v) is 15.7. The van der Waals surface area contributed by atoms with Crippen LogP contribution >= 0.6 is 0 Å². The first-order valence-electron chi connectivity index (χ1n) is 9.06. The Morgan fingerprint density at radius 2 is 1.62 bits per heavy atom. The third kappa shape index (κ3) is 3.33. The highest BCUT2D eigenvalue weighted by molar-refractivity contribution is 6.21. The largest absolute Gasteiger partial charge is 0.497 e. The van der Waals surface area contributed by atoms with E-state index in [-0.39, 0.29) is 30.0 Å². The van der Waals surface area contributed by atoms with Gasteiger partial charge in [0.05, 0.1) is 24.2 Å². The fourth-order valence-electron chi connectivity index (χ4n) is 3.48. The van der Waals surface area contributed by atoms with Crippen molar-refractivity contribution in [3.63, 3.8) is 0 Å². The summed E-state index contributed by atoms with van der Waals surface area (Å²) in [7, 11) is 1.55. The standard InChI is InChI=1S/C21H18N2O6/c1-28-15-8-6-14(7-9-15)22-11-13(10-18(22)24)21(27)29-12-23-19(25)16-4-2-3-5-17(16)20(23)26/h2-9,13H,10-12H2,1H3/t13-/m0/s1. The summed E-state index contributed by atoms with van der Waals surface area (Å²) in [6.07, 6.45) is 0.00693. The summed E-state index contributed by atoms with van der Waals surface area (Å²) < 4.78 is 10.3. The van der Waals surface area contributed by atoms with Crippen molar-refractivity contribution in [3.05, 3.63) is 59.7 Å². The number of imide groups is 1. The van der Waals surface area contributed by atoms with Crippen molar-refractivity contribution in [1.29, 1.82) is 0 Å². The van der Waals surface area contributed by atoms with E-state index in [1.807, 2.05) is 0 Å². The van der Waals surface area contributed by atoms with Crippen molar-refractivity contribution in [2.24, 2.45) is 5.92 Å². The normalized spacial score (nSPS) is 18.2. The molecule has 0 spiro atoms. The van der Waals surface area contributed by atoms with E-state index >= 15 is 0 Å². The van der Waals surface area contributed by atoms with E-state index in [0.29, 0.717) is 11.4 Å². The highest BCUT2D eigenvalue weighted by Gasteiger charge is 2.39. The van der Waals surface area contributed by atoms with Gasteiger partial charge in [-0.25, -0.2) is 4.90 Å². The first-order valence-corrected chi connectivity index (χ1v) is 9.06. The SMILES string of the molecule is COc1ccc(N2C[C@@H](C(=O)OCN3C(=O)c4ccccc4C3=O)CC2=O)cc1. The highest BCUT2D eigenvalue weighted by atomic mass is 16.5. The molecule has 148 valence electrons. The quantitative estimate of drug-likeness (QED) is 0.568. The fourth-order valence-corrected chi connectivity index (χ4v) is 3.48. The molecule has 1 fully saturated rings. The Balaban J connectivity index is 1.38. The van der Waals surface area contributed by atoms with Crippen molar-refractivity contribution in [1.82, 2.24) is 4.90 Å². The number of fused-ring (bicyclic) bond motifs is 1. The Morgan fingerprint density at radius 3 is 2.21 bits per heavy atom. The Bertz CT molecular complexity index is 965. The third-order valence-corrected chi connectivity index (χ3v) is 5.06. The van der Waals surface area contributed by atoms with Gasteiger partial charge in [-0.3, -0.25) is 19.2 Å². The van der Waals surface area contributed by atoms with Crippen LogP contribution < -0.4 is 9.64 Å². The lowest BCUT2D eigenvalue weighted by Gasteiger charge is -2.18. The van der Waals surface area contributed by atoms with E-state index in [0.717, 1.165) is 4.90 Å². The van der Waals surface area contributed by atoms with Crippen molar-refractivity contribution >= 4 is 29.4 Å². The van der Waals surface area contributed by atoms with Crippen LogP contribution in [0.25, 0.3) is 0 Å². The molecule has 0 radical (unpaired) electrons. The van der Waals surface area contributed by atoms with E-state index < -0.39 is 30.4 Å². The summed E-state index contributed by atoms with van der Waals surface area (Å²) in [4.78, 5) is 51.8. The molecular formula is C21H18N2O6. The minimum Gasteiger partial charge on any atom is -0.497 e. The van der Waals surface area contributed by atoms with Crippen LogP contribution in [-0.4, -0.2) is 49.0 Å². The molecule has 2 aromatic carbocycles. The highest BCUT2D eigenvalue weighted by Crippen LogP contribution is 2.28. The van der Waals surface area contributed by atoms with Crippen LogP contribution in [0.15, 0.2) is 48.5 Å². The lowest BCUT2D eigenvalue weighted by Crippen LogP contribution is -2.35. The molecule has 0 saturated carbocycles. The van der Waals surface area contributed by atoms with Gasteiger partial charge in [0.25, 0.3) is 11.8 Å². The summed E-state index contributed by atoms with van der Waals surface area (Å²) in [6.45, 7) is -0.301. The van der Waals surface area contributed by atoms with Gasteiger partial charge in [-0.05, 0) is 36.4 Å². The number of benzene rings is 2. The Hall–Kier alpha value is -3.68. The average molecular weight is 394 g/mol. The van der Waals surface area contributed by atoms with Gasteiger partial charge >= 0.3 is 5.97 Å². The number of carbonyl (C=O) groups is 4. The number of esters is 1. The molecule has 0 N–H and O–H groups in total. The van der Waals surface area contributed by atoms with Gasteiger partial charge < -0.3 is 14.4 Å². The number of carbonyl (C=O) groups excluding carboxylic acids is 4. The second kappa shape index (κ2) is 7.38. The van der Waals surface area contributed by atoms with Crippen LogP contribution in [0.4, 0.5) is 5.69 Å². The maximum atomic E-state index is 12.4. The van der Waals surface area contributed by atoms with E-state index in [9.17, 15) is 19.2 Å².